The molecule has 1 fully saturated rings. The van der Waals surface area contributed by atoms with E-state index in [-0.39, 0.29) is 23.8 Å². The van der Waals surface area contributed by atoms with Gasteiger partial charge in [-0.1, -0.05) is 24.3 Å². The van der Waals surface area contributed by atoms with Crippen LogP contribution in [0.5, 0.6) is 5.75 Å². The van der Waals surface area contributed by atoms with Crippen molar-refractivity contribution in [2.45, 2.75) is 38.2 Å². The largest absolute Gasteiger partial charge is 0.486 e. The lowest BCUT2D eigenvalue weighted by Crippen LogP contribution is -2.06. The summed E-state index contributed by atoms with van der Waals surface area (Å²) >= 11 is 0. The molecule has 0 saturated heterocycles. The molecule has 4 aromatic rings. The van der Waals surface area contributed by atoms with Crippen LogP contribution in [-0.2, 0) is 18.3 Å². The number of aliphatic carboxylic acids is 1. The number of ether oxygens (including phenoxy) is 1. The smallest absolute Gasteiger partial charge is 0.307 e. The molecule has 3 aromatic carbocycles. The molecule has 0 bridgehead atoms. The van der Waals surface area contributed by atoms with Crippen LogP contribution < -0.4 is 4.74 Å². The lowest BCUT2D eigenvalue weighted by atomic mass is 9.91. The SMILES string of the molecule is Cc1ccc2c(cnn2C)c1-c1ccc(F)c2c1CC[C@H]2Oc1ccc(C2CC2C(=O)O)cc1. The Hall–Kier alpha value is -3.67. The van der Waals surface area contributed by atoms with Crippen molar-refractivity contribution in [2.75, 3.05) is 0 Å². The quantitative estimate of drug-likeness (QED) is 0.404. The number of hydrogen-bond donors (Lipinski definition) is 1. The number of halogens is 1. The maximum Gasteiger partial charge on any atom is 0.307 e. The highest BCUT2D eigenvalue weighted by Gasteiger charge is 2.44. The van der Waals surface area contributed by atoms with Crippen molar-refractivity contribution >= 4 is 16.9 Å². The topological polar surface area (TPSA) is 64.4 Å². The molecular formula is C28H25FN2O3. The van der Waals surface area contributed by atoms with E-state index >= 15 is 4.39 Å². The van der Waals surface area contributed by atoms with Crippen molar-refractivity contribution in [2.24, 2.45) is 13.0 Å². The van der Waals surface area contributed by atoms with E-state index in [0.717, 1.165) is 45.1 Å². The minimum Gasteiger partial charge on any atom is -0.486 e. The van der Waals surface area contributed by atoms with Crippen molar-refractivity contribution in [1.29, 1.82) is 0 Å². The van der Waals surface area contributed by atoms with Crippen LogP contribution in [0.15, 0.2) is 54.7 Å². The Bertz CT molecular complexity index is 1440. The Kier molecular flexibility index (Phi) is 4.73. The van der Waals surface area contributed by atoms with Crippen molar-refractivity contribution < 1.29 is 19.0 Å². The van der Waals surface area contributed by atoms with E-state index in [0.29, 0.717) is 24.2 Å². The zero-order valence-corrected chi connectivity index (χ0v) is 19.1. The molecule has 0 spiro atoms. The van der Waals surface area contributed by atoms with Gasteiger partial charge in [-0.05, 0) is 84.2 Å². The molecule has 1 N–H and O–H groups in total. The fourth-order valence-corrected chi connectivity index (χ4v) is 5.51. The van der Waals surface area contributed by atoms with Gasteiger partial charge >= 0.3 is 5.97 Å². The summed E-state index contributed by atoms with van der Waals surface area (Å²) in [5.74, 6) is -0.511. The fraction of sp³-hybridized carbons (Fsp3) is 0.286. The molecule has 34 heavy (non-hydrogen) atoms. The highest BCUT2D eigenvalue weighted by atomic mass is 19.1. The molecule has 0 radical (unpaired) electrons. The van der Waals surface area contributed by atoms with Crippen molar-refractivity contribution in [3.8, 4) is 16.9 Å². The number of carboxylic acid groups (broad SMARTS) is 1. The highest BCUT2D eigenvalue weighted by Crippen LogP contribution is 2.48. The summed E-state index contributed by atoms with van der Waals surface area (Å²) in [5.41, 5.74) is 6.98. The van der Waals surface area contributed by atoms with Gasteiger partial charge in [0.05, 0.1) is 17.6 Å². The third kappa shape index (κ3) is 3.28. The number of benzene rings is 3. The van der Waals surface area contributed by atoms with Crippen LogP contribution >= 0.6 is 0 Å². The first-order chi connectivity index (χ1) is 16.4. The van der Waals surface area contributed by atoms with Gasteiger partial charge in [0, 0.05) is 18.0 Å². The second kappa shape index (κ2) is 7.69. The molecule has 2 aliphatic carbocycles. The summed E-state index contributed by atoms with van der Waals surface area (Å²) in [6, 6.07) is 15.2. The average Bonchev–Trinajstić information content (AvgIpc) is 3.40. The van der Waals surface area contributed by atoms with E-state index < -0.39 is 5.97 Å². The molecular weight excluding hydrogens is 431 g/mol. The van der Waals surface area contributed by atoms with Crippen LogP contribution in [0.4, 0.5) is 4.39 Å². The Labute approximate surface area is 196 Å². The van der Waals surface area contributed by atoms with Crippen molar-refractivity contribution in [3.05, 3.63) is 82.8 Å². The second-order valence-corrected chi connectivity index (χ2v) is 9.45. The maximum absolute atomic E-state index is 15.1. The van der Waals surface area contributed by atoms with Gasteiger partial charge in [0.1, 0.15) is 17.7 Å². The number of hydrogen-bond acceptors (Lipinski definition) is 3. The third-order valence-electron chi connectivity index (χ3n) is 7.39. The van der Waals surface area contributed by atoms with Crippen molar-refractivity contribution in [3.63, 3.8) is 0 Å². The zero-order valence-electron chi connectivity index (χ0n) is 19.1. The molecule has 1 aromatic heterocycles. The third-order valence-corrected chi connectivity index (χ3v) is 7.39. The van der Waals surface area contributed by atoms with Gasteiger partial charge in [-0.3, -0.25) is 9.48 Å². The first-order valence-electron chi connectivity index (χ1n) is 11.6. The normalized spacial score (nSPS) is 21.0. The van der Waals surface area contributed by atoms with Gasteiger partial charge in [-0.15, -0.1) is 0 Å². The van der Waals surface area contributed by atoms with Crippen LogP contribution in [0.2, 0.25) is 0 Å². The van der Waals surface area contributed by atoms with Gasteiger partial charge < -0.3 is 9.84 Å². The summed E-state index contributed by atoms with van der Waals surface area (Å²) in [6.45, 7) is 2.08. The first-order valence-corrected chi connectivity index (χ1v) is 11.6. The molecule has 0 amide bonds. The molecule has 6 rings (SSSR count). The summed E-state index contributed by atoms with van der Waals surface area (Å²) in [4.78, 5) is 11.2. The average molecular weight is 457 g/mol. The predicted molar refractivity (Wildman–Crippen MR) is 127 cm³/mol. The van der Waals surface area contributed by atoms with E-state index in [4.69, 9.17) is 9.84 Å². The molecule has 6 heteroatoms. The summed E-state index contributed by atoms with van der Waals surface area (Å²) < 4.78 is 23.2. The molecule has 1 heterocycles. The monoisotopic (exact) mass is 456 g/mol. The van der Waals surface area contributed by atoms with Crippen LogP contribution in [0.3, 0.4) is 0 Å². The van der Waals surface area contributed by atoms with Crippen LogP contribution in [0.1, 0.15) is 47.1 Å². The lowest BCUT2D eigenvalue weighted by Gasteiger charge is -2.18. The molecule has 0 aliphatic heterocycles. The molecule has 172 valence electrons. The summed E-state index contributed by atoms with van der Waals surface area (Å²) in [6.07, 6.45) is 3.65. The van der Waals surface area contributed by atoms with Crippen molar-refractivity contribution in [1.82, 2.24) is 9.78 Å². The Morgan fingerprint density at radius 2 is 1.94 bits per heavy atom. The number of aryl methyl sites for hydroxylation is 2. The molecule has 2 aliphatic rings. The summed E-state index contributed by atoms with van der Waals surface area (Å²) in [5, 5.41) is 14.7. The number of carbonyl (C=O) groups is 1. The number of rotatable bonds is 5. The number of nitrogens with zero attached hydrogens (tertiary/aromatic N) is 2. The van der Waals surface area contributed by atoms with E-state index in [1.165, 1.54) is 0 Å². The molecule has 1 saturated carbocycles. The van der Waals surface area contributed by atoms with Gasteiger partial charge in [0.2, 0.25) is 0 Å². The second-order valence-electron chi connectivity index (χ2n) is 9.45. The minimum atomic E-state index is -0.739. The van der Waals surface area contributed by atoms with Gasteiger partial charge in [0.15, 0.2) is 0 Å². The Morgan fingerprint density at radius 1 is 1.15 bits per heavy atom. The Morgan fingerprint density at radius 3 is 2.68 bits per heavy atom. The standard InChI is InChI=1S/C28H25FN2O3/c1-15-3-11-24-22(14-30-31(24)2)26(15)18-8-10-23(29)27-19(18)9-12-25(27)34-17-6-4-16(5-7-17)20-13-21(20)28(32)33/h3-8,10-11,14,20-21,25H,9,12-13H2,1-2H3,(H,32,33)/t20?,21?,25-/m1/s1. The van der Waals surface area contributed by atoms with E-state index in [9.17, 15) is 4.79 Å². The molecule has 3 atom stereocenters. The Balaban J connectivity index is 1.33. The highest BCUT2D eigenvalue weighted by molar-refractivity contribution is 5.97. The minimum absolute atomic E-state index is 0.0807. The van der Waals surface area contributed by atoms with Crippen LogP contribution in [0, 0.1) is 18.7 Å². The summed E-state index contributed by atoms with van der Waals surface area (Å²) in [7, 11) is 1.93. The van der Waals surface area contributed by atoms with Gasteiger partial charge in [-0.2, -0.15) is 5.10 Å². The number of fused-ring (bicyclic) bond motifs is 2. The van der Waals surface area contributed by atoms with Gasteiger partial charge in [-0.25, -0.2) is 4.39 Å². The number of carboxylic acids is 1. The molecule has 5 nitrogen and oxygen atoms in total. The molecule has 2 unspecified atom stereocenters. The maximum atomic E-state index is 15.1. The van der Waals surface area contributed by atoms with E-state index in [1.54, 1.807) is 6.07 Å². The fourth-order valence-electron chi connectivity index (χ4n) is 5.51. The lowest BCUT2D eigenvalue weighted by molar-refractivity contribution is -0.138. The van der Waals surface area contributed by atoms with E-state index in [2.05, 4.69) is 24.2 Å². The van der Waals surface area contributed by atoms with Gasteiger partial charge in [0.25, 0.3) is 0 Å². The zero-order chi connectivity index (χ0) is 23.6. The van der Waals surface area contributed by atoms with Crippen LogP contribution in [0.25, 0.3) is 22.0 Å². The predicted octanol–water partition coefficient (Wildman–Crippen LogP) is 5.94. The van der Waals surface area contributed by atoms with E-state index in [1.807, 2.05) is 48.3 Å². The van der Waals surface area contributed by atoms with Crippen LogP contribution in [-0.4, -0.2) is 20.9 Å². The number of aromatic nitrogens is 2. The first kappa shape index (κ1) is 20.9.